The van der Waals surface area contributed by atoms with E-state index < -0.39 is 10.0 Å². The molecule has 2 fully saturated rings. The third kappa shape index (κ3) is 4.90. The van der Waals surface area contributed by atoms with Gasteiger partial charge in [-0.3, -0.25) is 0 Å². The van der Waals surface area contributed by atoms with E-state index in [0.29, 0.717) is 28.7 Å². The fraction of sp³-hybridized carbons (Fsp3) is 0.706. The Bertz CT molecular complexity index is 960. The molecule has 2 aromatic rings. The zero-order valence-corrected chi connectivity index (χ0v) is 18.0. The van der Waals surface area contributed by atoms with Gasteiger partial charge in [-0.25, -0.2) is 13.1 Å². The minimum Gasteiger partial charge on any atom is -0.353 e. The molecule has 0 unspecified atom stereocenters. The molecule has 29 heavy (non-hydrogen) atoms. The Hall–Kier alpha value is -1.69. The summed E-state index contributed by atoms with van der Waals surface area (Å²) >= 11 is 6.06. The van der Waals surface area contributed by atoms with E-state index in [1.165, 1.54) is 4.52 Å². The number of nitrogens with zero attached hydrogens (tertiary/aromatic N) is 5. The highest BCUT2D eigenvalue weighted by Crippen LogP contribution is 2.21. The fourth-order valence-corrected chi connectivity index (χ4v) is 5.34. The van der Waals surface area contributed by atoms with E-state index in [2.05, 4.69) is 35.3 Å². The second-order valence-electron chi connectivity index (χ2n) is 7.65. The zero-order valence-electron chi connectivity index (χ0n) is 16.4. The fourth-order valence-electron chi connectivity index (χ4n) is 3.94. The van der Waals surface area contributed by atoms with E-state index in [1.807, 2.05) is 7.05 Å². The molecule has 3 heterocycles. The molecule has 0 spiro atoms. The van der Waals surface area contributed by atoms with Gasteiger partial charge in [-0.15, -0.1) is 0 Å². The average molecular weight is 443 g/mol. The van der Waals surface area contributed by atoms with Gasteiger partial charge < -0.3 is 15.5 Å². The SMILES string of the molecule is CN[C@@H]1CCN(c2nc(NCCS(=O)(=O)NC3CCCC3)n3nc(Cl)cc3n2)C1. The van der Waals surface area contributed by atoms with Crippen LogP contribution in [0, 0.1) is 0 Å². The minimum absolute atomic E-state index is 0.0368. The van der Waals surface area contributed by atoms with Crippen LogP contribution in [0.15, 0.2) is 6.07 Å². The predicted molar refractivity (Wildman–Crippen MR) is 113 cm³/mol. The number of aromatic nitrogens is 4. The summed E-state index contributed by atoms with van der Waals surface area (Å²) in [6.45, 7) is 1.88. The Labute approximate surface area is 175 Å². The van der Waals surface area contributed by atoms with Crippen molar-refractivity contribution in [2.24, 2.45) is 0 Å². The van der Waals surface area contributed by atoms with Gasteiger partial charge >= 0.3 is 0 Å². The normalized spacial score (nSPS) is 20.8. The maximum Gasteiger partial charge on any atom is 0.230 e. The lowest BCUT2D eigenvalue weighted by Crippen LogP contribution is -2.36. The number of sulfonamides is 1. The molecule has 2 aromatic heterocycles. The Balaban J connectivity index is 1.47. The van der Waals surface area contributed by atoms with Crippen LogP contribution in [0.4, 0.5) is 11.9 Å². The van der Waals surface area contributed by atoms with Crippen molar-refractivity contribution in [2.45, 2.75) is 44.2 Å². The number of hydrogen-bond donors (Lipinski definition) is 3. The summed E-state index contributed by atoms with van der Waals surface area (Å²) in [5.41, 5.74) is 0.572. The van der Waals surface area contributed by atoms with Gasteiger partial charge in [-0.1, -0.05) is 24.4 Å². The van der Waals surface area contributed by atoms with Crippen LogP contribution in [0.2, 0.25) is 5.15 Å². The van der Waals surface area contributed by atoms with Crippen LogP contribution in [0.25, 0.3) is 5.65 Å². The van der Waals surface area contributed by atoms with Gasteiger partial charge in [0.1, 0.15) is 0 Å². The monoisotopic (exact) mass is 442 g/mol. The molecule has 0 bridgehead atoms. The minimum atomic E-state index is -3.35. The number of likely N-dealkylation sites (N-methyl/N-ethyl adjacent to an activating group) is 1. The third-order valence-electron chi connectivity index (χ3n) is 5.52. The predicted octanol–water partition coefficient (Wildman–Crippen LogP) is 0.850. The van der Waals surface area contributed by atoms with Gasteiger partial charge in [0.25, 0.3) is 0 Å². The van der Waals surface area contributed by atoms with Crippen LogP contribution in [-0.4, -0.2) is 72.5 Å². The van der Waals surface area contributed by atoms with Gasteiger partial charge in [0, 0.05) is 37.8 Å². The first-order chi connectivity index (χ1) is 13.9. The highest BCUT2D eigenvalue weighted by molar-refractivity contribution is 7.89. The van der Waals surface area contributed by atoms with Crippen LogP contribution in [0.5, 0.6) is 0 Å². The van der Waals surface area contributed by atoms with Crippen molar-refractivity contribution < 1.29 is 8.42 Å². The summed E-state index contributed by atoms with van der Waals surface area (Å²) in [7, 11) is -1.40. The standard InChI is InChI=1S/C17H27ClN8O2S/c1-19-13-6-8-25(11-13)17-21-15-10-14(18)23-26(15)16(22-17)20-7-9-29(27,28)24-12-4-2-3-5-12/h10,12-13,19,24H,2-9,11H2,1H3,(H,20,21,22)/t13-/m1/s1. The number of nitrogens with one attached hydrogen (secondary N) is 3. The molecular weight excluding hydrogens is 416 g/mol. The molecule has 3 N–H and O–H groups in total. The van der Waals surface area contributed by atoms with Gasteiger partial charge in [0.05, 0.1) is 5.75 Å². The van der Waals surface area contributed by atoms with Crippen molar-refractivity contribution in [1.82, 2.24) is 29.6 Å². The Morgan fingerprint density at radius 1 is 1.21 bits per heavy atom. The Morgan fingerprint density at radius 3 is 2.72 bits per heavy atom. The molecule has 0 radical (unpaired) electrons. The van der Waals surface area contributed by atoms with Crippen LogP contribution in [0.1, 0.15) is 32.1 Å². The summed E-state index contributed by atoms with van der Waals surface area (Å²) in [4.78, 5) is 11.3. The summed E-state index contributed by atoms with van der Waals surface area (Å²) in [6.07, 6.45) is 5.00. The largest absolute Gasteiger partial charge is 0.353 e. The van der Waals surface area contributed by atoms with Crippen LogP contribution >= 0.6 is 11.6 Å². The van der Waals surface area contributed by atoms with Crippen LogP contribution in [0.3, 0.4) is 0 Å². The highest BCUT2D eigenvalue weighted by Gasteiger charge is 2.25. The molecule has 4 rings (SSSR count). The highest BCUT2D eigenvalue weighted by atomic mass is 35.5. The van der Waals surface area contributed by atoms with Gasteiger partial charge in [0.15, 0.2) is 10.8 Å². The molecule has 2 aliphatic rings. The first-order valence-electron chi connectivity index (χ1n) is 10.0. The van der Waals surface area contributed by atoms with E-state index in [9.17, 15) is 8.42 Å². The molecule has 12 heteroatoms. The number of rotatable bonds is 8. The molecule has 1 aliphatic heterocycles. The summed E-state index contributed by atoms with van der Waals surface area (Å²) in [6, 6.07) is 2.13. The van der Waals surface area contributed by atoms with E-state index in [1.54, 1.807) is 6.07 Å². The van der Waals surface area contributed by atoms with Crippen molar-refractivity contribution in [3.05, 3.63) is 11.2 Å². The van der Waals surface area contributed by atoms with Crippen molar-refractivity contribution in [3.8, 4) is 0 Å². The maximum atomic E-state index is 12.3. The second-order valence-corrected chi connectivity index (χ2v) is 9.91. The van der Waals surface area contributed by atoms with Crippen LogP contribution in [-0.2, 0) is 10.0 Å². The average Bonchev–Trinajstić information content (AvgIpc) is 3.40. The topological polar surface area (TPSA) is 117 Å². The van der Waals surface area contributed by atoms with Crippen molar-refractivity contribution in [1.29, 1.82) is 0 Å². The molecule has 160 valence electrons. The van der Waals surface area contributed by atoms with Crippen LogP contribution < -0.4 is 20.3 Å². The smallest absolute Gasteiger partial charge is 0.230 e. The second kappa shape index (κ2) is 8.58. The molecule has 1 saturated carbocycles. The molecular formula is C17H27ClN8O2S. The van der Waals surface area contributed by atoms with E-state index in [-0.39, 0.29) is 18.3 Å². The van der Waals surface area contributed by atoms with Gasteiger partial charge in [-0.05, 0) is 26.3 Å². The third-order valence-corrected chi connectivity index (χ3v) is 7.14. The van der Waals surface area contributed by atoms with Crippen molar-refractivity contribution >= 4 is 39.2 Å². The molecule has 1 atom stereocenters. The Kier molecular flexibility index (Phi) is 6.09. The molecule has 0 aromatic carbocycles. The lowest BCUT2D eigenvalue weighted by Gasteiger charge is -2.18. The van der Waals surface area contributed by atoms with Crippen molar-refractivity contribution in [3.63, 3.8) is 0 Å². The molecule has 0 amide bonds. The lowest BCUT2D eigenvalue weighted by molar-refractivity contribution is 0.552. The summed E-state index contributed by atoms with van der Waals surface area (Å²) < 4.78 is 29.0. The zero-order chi connectivity index (χ0) is 20.4. The molecule has 1 saturated heterocycles. The van der Waals surface area contributed by atoms with E-state index in [0.717, 1.165) is 45.2 Å². The number of anilines is 2. The summed E-state index contributed by atoms with van der Waals surface area (Å²) in [5, 5.41) is 10.9. The maximum absolute atomic E-state index is 12.3. The first kappa shape index (κ1) is 20.6. The van der Waals surface area contributed by atoms with E-state index >= 15 is 0 Å². The number of fused-ring (bicyclic) bond motifs is 1. The first-order valence-corrected chi connectivity index (χ1v) is 12.1. The quantitative estimate of drug-likeness (QED) is 0.551. The Morgan fingerprint density at radius 2 is 2.00 bits per heavy atom. The molecule has 1 aliphatic carbocycles. The van der Waals surface area contributed by atoms with Crippen molar-refractivity contribution in [2.75, 3.05) is 42.7 Å². The summed E-state index contributed by atoms with van der Waals surface area (Å²) in [5.74, 6) is 0.979. The van der Waals surface area contributed by atoms with E-state index in [4.69, 9.17) is 11.6 Å². The molecule has 10 nitrogen and oxygen atoms in total. The van der Waals surface area contributed by atoms with Gasteiger partial charge in [-0.2, -0.15) is 19.6 Å². The number of hydrogen-bond acceptors (Lipinski definition) is 8. The van der Waals surface area contributed by atoms with Gasteiger partial charge in [0.2, 0.25) is 21.9 Å². The number of halogens is 1. The lowest BCUT2D eigenvalue weighted by atomic mass is 10.3.